The number of nitrogens with zero attached hydrogens (tertiary/aromatic N) is 2. The van der Waals surface area contributed by atoms with Crippen LogP contribution in [0.2, 0.25) is 0 Å². The predicted molar refractivity (Wildman–Crippen MR) is 75.3 cm³/mol. The first-order chi connectivity index (χ1) is 9.34. The van der Waals surface area contributed by atoms with Crippen LogP contribution in [0, 0.1) is 0 Å². The van der Waals surface area contributed by atoms with E-state index in [-0.39, 0.29) is 17.2 Å². The smallest absolute Gasteiger partial charge is 0.272 e. The van der Waals surface area contributed by atoms with Gasteiger partial charge in [-0.1, -0.05) is 0 Å². The highest BCUT2D eigenvalue weighted by Gasteiger charge is 2.39. The van der Waals surface area contributed by atoms with Gasteiger partial charge in [-0.15, -0.1) is 10.2 Å². The van der Waals surface area contributed by atoms with Crippen LogP contribution >= 0.6 is 0 Å². The molecule has 0 radical (unpaired) electrons. The molecule has 110 valence electrons. The highest BCUT2D eigenvalue weighted by atomic mass is 32.2. The number of carbonyl (C=O) groups excluding carboxylic acids is 1. The number of hydrogen-bond acceptors (Lipinski definition) is 6. The van der Waals surface area contributed by atoms with Crippen LogP contribution in [0.3, 0.4) is 0 Å². The summed E-state index contributed by atoms with van der Waals surface area (Å²) in [7, 11) is -3.06. The summed E-state index contributed by atoms with van der Waals surface area (Å²) in [5.74, 6) is 0.266. The molecule has 2 rings (SSSR count). The second kappa shape index (κ2) is 5.35. The molecule has 0 bridgehead atoms. The van der Waals surface area contributed by atoms with Gasteiger partial charge in [-0.3, -0.25) is 4.79 Å². The van der Waals surface area contributed by atoms with Crippen molar-refractivity contribution in [3.63, 3.8) is 0 Å². The molecule has 8 heteroatoms. The minimum atomic E-state index is -3.06. The van der Waals surface area contributed by atoms with Gasteiger partial charge in [0.2, 0.25) is 0 Å². The molecule has 0 saturated carbocycles. The number of aromatic nitrogens is 2. The van der Waals surface area contributed by atoms with Crippen molar-refractivity contribution in [2.45, 2.75) is 25.8 Å². The van der Waals surface area contributed by atoms with E-state index < -0.39 is 21.3 Å². The van der Waals surface area contributed by atoms with Crippen molar-refractivity contribution < 1.29 is 13.2 Å². The average molecular weight is 298 g/mol. The zero-order valence-corrected chi connectivity index (χ0v) is 12.3. The molecule has 1 atom stereocenters. The molecule has 0 aromatic carbocycles. The fraction of sp³-hybridized carbons (Fsp3) is 0.583. The van der Waals surface area contributed by atoms with E-state index in [1.165, 1.54) is 0 Å². The van der Waals surface area contributed by atoms with Crippen LogP contribution in [0.1, 0.15) is 30.8 Å². The quantitative estimate of drug-likeness (QED) is 0.824. The van der Waals surface area contributed by atoms with Gasteiger partial charge in [-0.25, -0.2) is 8.42 Å². The fourth-order valence-electron chi connectivity index (χ4n) is 2.18. The van der Waals surface area contributed by atoms with Crippen molar-refractivity contribution in [2.75, 3.05) is 23.4 Å². The van der Waals surface area contributed by atoms with Gasteiger partial charge in [0.05, 0.1) is 17.0 Å². The summed E-state index contributed by atoms with van der Waals surface area (Å²) >= 11 is 0. The molecular weight excluding hydrogens is 280 g/mol. The number of carbonyl (C=O) groups is 1. The standard InChI is InChI=1S/C12H18N4O3S/c1-3-13-10-5-4-9(15-16-10)11(17)14-12(2)6-7-20(18,19)8-12/h4-5H,3,6-8H2,1-2H3,(H,13,16)(H,14,17). The van der Waals surface area contributed by atoms with E-state index >= 15 is 0 Å². The van der Waals surface area contributed by atoms with E-state index in [2.05, 4.69) is 20.8 Å². The zero-order valence-electron chi connectivity index (χ0n) is 11.5. The van der Waals surface area contributed by atoms with Crippen LogP contribution in [0.4, 0.5) is 5.82 Å². The summed E-state index contributed by atoms with van der Waals surface area (Å²) in [6.45, 7) is 4.38. The molecule has 7 nitrogen and oxygen atoms in total. The van der Waals surface area contributed by atoms with Gasteiger partial charge in [-0.2, -0.15) is 0 Å². The molecule has 1 aliphatic rings. The van der Waals surface area contributed by atoms with E-state index in [1.54, 1.807) is 19.1 Å². The number of amides is 1. The summed E-state index contributed by atoms with van der Waals surface area (Å²) in [6, 6.07) is 3.23. The second-order valence-electron chi connectivity index (χ2n) is 5.19. The minimum Gasteiger partial charge on any atom is -0.369 e. The zero-order chi connectivity index (χ0) is 14.8. The maximum absolute atomic E-state index is 12.1. The van der Waals surface area contributed by atoms with Crippen molar-refractivity contribution in [1.29, 1.82) is 0 Å². The largest absolute Gasteiger partial charge is 0.369 e. The molecule has 2 N–H and O–H groups in total. The van der Waals surface area contributed by atoms with Gasteiger partial charge in [-0.05, 0) is 32.4 Å². The van der Waals surface area contributed by atoms with Crippen LogP contribution in [-0.4, -0.2) is 48.1 Å². The molecule has 1 unspecified atom stereocenters. The van der Waals surface area contributed by atoms with E-state index in [0.29, 0.717) is 12.2 Å². The van der Waals surface area contributed by atoms with Crippen LogP contribution in [0.5, 0.6) is 0 Å². The Balaban J connectivity index is 2.05. The number of sulfone groups is 1. The maximum atomic E-state index is 12.1. The first-order valence-electron chi connectivity index (χ1n) is 6.44. The topological polar surface area (TPSA) is 101 Å². The summed E-state index contributed by atoms with van der Waals surface area (Å²) < 4.78 is 23.0. The lowest BCUT2D eigenvalue weighted by molar-refractivity contribution is 0.0909. The molecule has 1 aromatic heterocycles. The van der Waals surface area contributed by atoms with Gasteiger partial charge in [0.15, 0.2) is 15.5 Å². The van der Waals surface area contributed by atoms with Crippen LogP contribution in [-0.2, 0) is 9.84 Å². The Morgan fingerprint density at radius 1 is 1.40 bits per heavy atom. The third-order valence-corrected chi connectivity index (χ3v) is 5.08. The Morgan fingerprint density at radius 3 is 2.65 bits per heavy atom. The number of nitrogens with one attached hydrogen (secondary N) is 2. The molecule has 0 aliphatic carbocycles. The third-order valence-electron chi connectivity index (χ3n) is 3.17. The molecule has 0 spiro atoms. The SMILES string of the molecule is CCNc1ccc(C(=O)NC2(C)CCS(=O)(=O)C2)nn1. The third kappa shape index (κ3) is 3.44. The van der Waals surface area contributed by atoms with Crippen LogP contribution in [0.15, 0.2) is 12.1 Å². The molecule has 1 aliphatic heterocycles. The molecule has 20 heavy (non-hydrogen) atoms. The molecule has 1 aromatic rings. The molecule has 1 saturated heterocycles. The summed E-state index contributed by atoms with van der Waals surface area (Å²) in [6.07, 6.45) is 0.421. The molecule has 1 fully saturated rings. The van der Waals surface area contributed by atoms with E-state index in [9.17, 15) is 13.2 Å². The van der Waals surface area contributed by atoms with Crippen LogP contribution < -0.4 is 10.6 Å². The lowest BCUT2D eigenvalue weighted by atomic mass is 10.0. The first kappa shape index (κ1) is 14.7. The fourth-order valence-corrected chi connectivity index (χ4v) is 4.27. The first-order valence-corrected chi connectivity index (χ1v) is 8.26. The van der Waals surface area contributed by atoms with Gasteiger partial charge in [0.25, 0.3) is 5.91 Å². The Hall–Kier alpha value is -1.70. The van der Waals surface area contributed by atoms with Gasteiger partial charge >= 0.3 is 0 Å². The van der Waals surface area contributed by atoms with Gasteiger partial charge < -0.3 is 10.6 Å². The monoisotopic (exact) mass is 298 g/mol. The summed E-state index contributed by atoms with van der Waals surface area (Å²) in [5, 5.41) is 13.4. The van der Waals surface area contributed by atoms with Gasteiger partial charge in [0, 0.05) is 6.54 Å². The Labute approximate surface area is 118 Å². The lowest BCUT2D eigenvalue weighted by Crippen LogP contribution is -2.47. The van der Waals surface area contributed by atoms with Crippen molar-refractivity contribution >= 4 is 21.6 Å². The van der Waals surface area contributed by atoms with E-state index in [0.717, 1.165) is 6.54 Å². The second-order valence-corrected chi connectivity index (χ2v) is 7.38. The van der Waals surface area contributed by atoms with Crippen molar-refractivity contribution in [3.8, 4) is 0 Å². The normalized spacial score (nSPS) is 24.3. The molecule has 2 heterocycles. The average Bonchev–Trinajstić information content (AvgIpc) is 2.64. The predicted octanol–water partition coefficient (Wildman–Crippen LogP) is 0.215. The van der Waals surface area contributed by atoms with E-state index in [1.807, 2.05) is 6.92 Å². The van der Waals surface area contributed by atoms with Crippen molar-refractivity contribution in [2.24, 2.45) is 0 Å². The van der Waals surface area contributed by atoms with Gasteiger partial charge in [0.1, 0.15) is 5.82 Å². The number of anilines is 1. The summed E-state index contributed by atoms with van der Waals surface area (Å²) in [4.78, 5) is 12.1. The number of rotatable bonds is 4. The van der Waals surface area contributed by atoms with Crippen molar-refractivity contribution in [3.05, 3.63) is 17.8 Å². The molecule has 1 amide bonds. The lowest BCUT2D eigenvalue weighted by Gasteiger charge is -2.23. The van der Waals surface area contributed by atoms with Crippen LogP contribution in [0.25, 0.3) is 0 Å². The van der Waals surface area contributed by atoms with E-state index in [4.69, 9.17) is 0 Å². The number of hydrogen-bond donors (Lipinski definition) is 2. The summed E-state index contributed by atoms with van der Waals surface area (Å²) in [5.41, 5.74) is -0.546. The Bertz CT molecular complexity index is 600. The molecular formula is C12H18N4O3S. The highest BCUT2D eigenvalue weighted by molar-refractivity contribution is 7.91. The van der Waals surface area contributed by atoms with Crippen molar-refractivity contribution in [1.82, 2.24) is 15.5 Å². The Morgan fingerprint density at radius 2 is 2.15 bits per heavy atom. The minimum absolute atomic E-state index is 0.0331. The highest BCUT2D eigenvalue weighted by Crippen LogP contribution is 2.23. The Kier molecular flexibility index (Phi) is 3.94. The maximum Gasteiger partial charge on any atom is 0.272 e.